The number of benzene rings is 1. The van der Waals surface area contributed by atoms with Crippen molar-refractivity contribution in [1.82, 2.24) is 4.90 Å². The molecule has 0 unspecified atom stereocenters. The van der Waals surface area contributed by atoms with Crippen molar-refractivity contribution in [3.63, 3.8) is 0 Å². The van der Waals surface area contributed by atoms with Crippen LogP contribution < -0.4 is 0 Å². The number of rotatable bonds is 3. The zero-order valence-electron chi connectivity index (χ0n) is 14.9. The van der Waals surface area contributed by atoms with Crippen LogP contribution in [0.15, 0.2) is 51.1 Å². The molecule has 0 amide bonds. The van der Waals surface area contributed by atoms with Crippen molar-refractivity contribution in [1.29, 1.82) is 0 Å². The maximum Gasteiger partial charge on any atom is 0.338 e. The minimum absolute atomic E-state index is 0.000438. The second kappa shape index (κ2) is 6.52. The van der Waals surface area contributed by atoms with Crippen molar-refractivity contribution in [3.05, 3.63) is 57.3 Å². The van der Waals surface area contributed by atoms with E-state index in [1.54, 1.807) is 13.8 Å². The Balaban J connectivity index is 2.20. The fraction of sp³-hybridized carbons (Fsp3) is 0.316. The molecular formula is C19H20N2O3S. The number of amidine groups is 1. The number of carbonyl (C=O) groups is 2. The van der Waals surface area contributed by atoms with Gasteiger partial charge in [-0.05, 0) is 45.0 Å². The van der Waals surface area contributed by atoms with Crippen LogP contribution in [-0.2, 0) is 14.3 Å². The van der Waals surface area contributed by atoms with Crippen molar-refractivity contribution in [2.45, 2.75) is 33.7 Å². The van der Waals surface area contributed by atoms with Crippen LogP contribution in [0.25, 0.3) is 0 Å². The molecule has 5 nitrogen and oxygen atoms in total. The number of ether oxygens (including phenoxy) is 1. The summed E-state index contributed by atoms with van der Waals surface area (Å²) in [5.41, 5.74) is 4.04. The van der Waals surface area contributed by atoms with Crippen LogP contribution in [0.1, 0.15) is 37.9 Å². The number of ketones is 1. The van der Waals surface area contributed by atoms with Crippen LogP contribution in [0.4, 0.5) is 0 Å². The van der Waals surface area contributed by atoms with Crippen LogP contribution in [0.5, 0.6) is 0 Å². The largest absolute Gasteiger partial charge is 0.466 e. The highest BCUT2D eigenvalue weighted by Gasteiger charge is 2.42. The van der Waals surface area contributed by atoms with E-state index in [1.165, 1.54) is 18.9 Å². The lowest BCUT2D eigenvalue weighted by Crippen LogP contribution is -2.35. The number of thioether (sulfide) groups is 1. The number of hydrogen-bond acceptors (Lipinski definition) is 6. The lowest BCUT2D eigenvalue weighted by atomic mass is 9.93. The SMILES string of the molecule is COC(=O)C1=C(C)N=C2SC(C(C)=O)=C(C)N2[C@H]1c1ccc(C)cc1. The molecule has 2 heterocycles. The van der Waals surface area contributed by atoms with E-state index in [0.29, 0.717) is 16.2 Å². The van der Waals surface area contributed by atoms with E-state index in [2.05, 4.69) is 4.99 Å². The van der Waals surface area contributed by atoms with Gasteiger partial charge in [0, 0.05) is 5.70 Å². The predicted octanol–water partition coefficient (Wildman–Crippen LogP) is 3.72. The third-order valence-electron chi connectivity index (χ3n) is 4.39. The summed E-state index contributed by atoms with van der Waals surface area (Å²) in [6, 6.07) is 7.68. The monoisotopic (exact) mass is 356 g/mol. The van der Waals surface area contributed by atoms with E-state index in [9.17, 15) is 9.59 Å². The van der Waals surface area contributed by atoms with Gasteiger partial charge in [-0.1, -0.05) is 29.8 Å². The summed E-state index contributed by atoms with van der Waals surface area (Å²) < 4.78 is 5.01. The van der Waals surface area contributed by atoms with Crippen molar-refractivity contribution in [2.75, 3.05) is 7.11 Å². The molecule has 6 heteroatoms. The number of esters is 1. The van der Waals surface area contributed by atoms with Crippen LogP contribution in [0.2, 0.25) is 0 Å². The molecule has 0 fully saturated rings. The van der Waals surface area contributed by atoms with Crippen LogP contribution >= 0.6 is 11.8 Å². The number of hydrogen-bond donors (Lipinski definition) is 0. The van der Waals surface area contributed by atoms with Crippen LogP contribution in [0.3, 0.4) is 0 Å². The normalized spacial score (nSPS) is 19.8. The molecule has 0 saturated heterocycles. The van der Waals surface area contributed by atoms with E-state index in [1.807, 2.05) is 43.0 Å². The van der Waals surface area contributed by atoms with Gasteiger partial charge < -0.3 is 9.64 Å². The van der Waals surface area contributed by atoms with Gasteiger partial charge in [0.15, 0.2) is 11.0 Å². The lowest BCUT2D eigenvalue weighted by Gasteiger charge is -2.35. The minimum atomic E-state index is -0.403. The molecule has 1 aromatic carbocycles. The first kappa shape index (κ1) is 17.5. The highest BCUT2D eigenvalue weighted by Crippen LogP contribution is 2.46. The quantitative estimate of drug-likeness (QED) is 0.773. The van der Waals surface area contributed by atoms with Gasteiger partial charge in [-0.2, -0.15) is 0 Å². The number of Topliss-reactive ketones (excluding diaryl/α,β-unsaturated/α-hetero) is 1. The summed E-state index contributed by atoms with van der Waals surface area (Å²) in [5.74, 6) is -0.403. The van der Waals surface area contributed by atoms with Crippen molar-refractivity contribution >= 4 is 28.7 Å². The fourth-order valence-corrected chi connectivity index (χ4v) is 4.23. The van der Waals surface area contributed by atoms with E-state index >= 15 is 0 Å². The van der Waals surface area contributed by atoms with Crippen molar-refractivity contribution in [2.24, 2.45) is 4.99 Å². The maximum atomic E-state index is 12.5. The molecule has 0 spiro atoms. The molecule has 1 atom stereocenters. The standard InChI is InChI=1S/C19H20N2O3S/c1-10-6-8-14(9-7-10)16-15(18(23)24-5)11(2)20-19-21(16)12(3)17(25-19)13(4)22/h6-9,16H,1-5H3/t16-/m0/s1. The Labute approximate surface area is 151 Å². The number of aliphatic imine (C=N–C) groups is 1. The van der Waals surface area contributed by atoms with Crippen molar-refractivity contribution < 1.29 is 14.3 Å². The number of fused-ring (bicyclic) bond motifs is 1. The third-order valence-corrected chi connectivity index (χ3v) is 5.65. The molecule has 0 N–H and O–H groups in total. The van der Waals surface area contributed by atoms with E-state index in [4.69, 9.17) is 4.74 Å². The molecule has 0 aromatic heterocycles. The molecule has 25 heavy (non-hydrogen) atoms. The fourth-order valence-electron chi connectivity index (χ4n) is 3.14. The van der Waals surface area contributed by atoms with Gasteiger partial charge in [-0.25, -0.2) is 9.79 Å². The number of methoxy groups -OCH3 is 1. The van der Waals surface area contributed by atoms with Crippen LogP contribution in [0, 0.1) is 6.92 Å². The van der Waals surface area contributed by atoms with Crippen molar-refractivity contribution in [3.8, 4) is 0 Å². The van der Waals surface area contributed by atoms with Gasteiger partial charge in [0.1, 0.15) is 0 Å². The first-order valence-electron chi connectivity index (χ1n) is 7.98. The van der Waals surface area contributed by atoms with Gasteiger partial charge in [0.05, 0.1) is 29.3 Å². The predicted molar refractivity (Wildman–Crippen MR) is 98.9 cm³/mol. The van der Waals surface area contributed by atoms with Gasteiger partial charge in [-0.3, -0.25) is 4.79 Å². The molecule has 1 aromatic rings. The Kier molecular flexibility index (Phi) is 4.56. The minimum Gasteiger partial charge on any atom is -0.466 e. The van der Waals surface area contributed by atoms with E-state index in [-0.39, 0.29) is 11.8 Å². The third kappa shape index (κ3) is 2.91. The topological polar surface area (TPSA) is 59.0 Å². The summed E-state index contributed by atoms with van der Waals surface area (Å²) >= 11 is 1.36. The molecule has 0 aliphatic carbocycles. The molecule has 0 saturated carbocycles. The van der Waals surface area contributed by atoms with Gasteiger partial charge in [0.2, 0.25) is 0 Å². The average molecular weight is 356 g/mol. The Morgan fingerprint density at radius 2 is 1.80 bits per heavy atom. The van der Waals surface area contributed by atoms with Gasteiger partial charge in [-0.15, -0.1) is 0 Å². The Morgan fingerprint density at radius 1 is 1.16 bits per heavy atom. The lowest BCUT2D eigenvalue weighted by molar-refractivity contribution is -0.136. The first-order chi connectivity index (χ1) is 11.8. The first-order valence-corrected chi connectivity index (χ1v) is 8.80. The Hall–Kier alpha value is -2.34. The molecule has 2 aliphatic rings. The molecule has 2 aliphatic heterocycles. The van der Waals surface area contributed by atoms with Crippen LogP contribution in [-0.4, -0.2) is 28.9 Å². The summed E-state index contributed by atoms with van der Waals surface area (Å²) in [5, 5.41) is 0.721. The molecular weight excluding hydrogens is 336 g/mol. The summed E-state index contributed by atoms with van der Waals surface area (Å²) in [6.07, 6.45) is 0. The van der Waals surface area contributed by atoms with Gasteiger partial charge >= 0.3 is 5.97 Å². The number of aryl methyl sites for hydroxylation is 1. The second-order valence-corrected chi connectivity index (χ2v) is 7.12. The van der Waals surface area contributed by atoms with E-state index in [0.717, 1.165) is 22.0 Å². The molecule has 0 bridgehead atoms. The Morgan fingerprint density at radius 3 is 2.36 bits per heavy atom. The molecule has 130 valence electrons. The number of nitrogens with zero attached hydrogens (tertiary/aromatic N) is 2. The highest BCUT2D eigenvalue weighted by molar-refractivity contribution is 8.18. The summed E-state index contributed by atoms with van der Waals surface area (Å²) in [7, 11) is 1.37. The molecule has 0 radical (unpaired) electrons. The average Bonchev–Trinajstić information content (AvgIpc) is 2.90. The number of allylic oxidation sites excluding steroid dienone is 3. The number of carbonyl (C=O) groups excluding carboxylic acids is 2. The Bertz CT molecular complexity index is 850. The molecule has 3 rings (SSSR count). The summed E-state index contributed by atoms with van der Waals surface area (Å²) in [4.78, 5) is 31.6. The second-order valence-electron chi connectivity index (χ2n) is 6.14. The zero-order valence-corrected chi connectivity index (χ0v) is 15.7. The smallest absolute Gasteiger partial charge is 0.338 e. The maximum absolute atomic E-state index is 12.5. The van der Waals surface area contributed by atoms with E-state index < -0.39 is 5.97 Å². The van der Waals surface area contributed by atoms with Gasteiger partial charge in [0.25, 0.3) is 0 Å². The summed E-state index contributed by atoms with van der Waals surface area (Å²) in [6.45, 7) is 7.26. The highest BCUT2D eigenvalue weighted by atomic mass is 32.2. The zero-order chi connectivity index (χ0) is 18.3.